The summed E-state index contributed by atoms with van der Waals surface area (Å²) in [4.78, 5) is 17.2. The third-order valence-corrected chi connectivity index (χ3v) is 5.66. The van der Waals surface area contributed by atoms with E-state index >= 15 is 0 Å². The van der Waals surface area contributed by atoms with Crippen LogP contribution in [0.3, 0.4) is 0 Å². The van der Waals surface area contributed by atoms with E-state index in [4.69, 9.17) is 4.74 Å². The molecule has 0 saturated carbocycles. The summed E-state index contributed by atoms with van der Waals surface area (Å²) in [5, 5.41) is 3.04. The summed E-state index contributed by atoms with van der Waals surface area (Å²) in [5.41, 5.74) is 4.34. The zero-order valence-corrected chi connectivity index (χ0v) is 16.2. The molecule has 2 aliphatic heterocycles. The highest BCUT2D eigenvalue weighted by atomic mass is 19.1. The molecular formula is C22H26FN3O2. The summed E-state index contributed by atoms with van der Waals surface area (Å²) in [6, 6.07) is 12.4. The lowest BCUT2D eigenvalue weighted by atomic mass is 10.00. The summed E-state index contributed by atoms with van der Waals surface area (Å²) in [5.74, 6) is -0.523. The molecule has 0 unspecified atom stereocenters. The molecular weight excluding hydrogens is 357 g/mol. The normalized spacial score (nSPS) is 18.0. The SMILES string of the molecule is CN1CCc2cc([C@@H](CNC(=O)c3ccc(F)cc3)N3CCOCC3)ccc21. The van der Waals surface area contributed by atoms with Crippen molar-refractivity contribution in [3.05, 3.63) is 65.0 Å². The van der Waals surface area contributed by atoms with Crippen LogP contribution in [-0.2, 0) is 11.2 Å². The molecule has 0 spiro atoms. The van der Waals surface area contributed by atoms with Gasteiger partial charge in [-0.25, -0.2) is 4.39 Å². The number of nitrogens with one attached hydrogen (secondary N) is 1. The monoisotopic (exact) mass is 383 g/mol. The fourth-order valence-electron chi connectivity index (χ4n) is 4.03. The van der Waals surface area contributed by atoms with Crippen LogP contribution in [-0.4, -0.2) is 57.2 Å². The Bertz CT molecular complexity index is 834. The number of carbonyl (C=O) groups excluding carboxylic acids is 1. The first-order chi connectivity index (χ1) is 13.6. The number of halogens is 1. The predicted octanol–water partition coefficient (Wildman–Crippen LogP) is 2.62. The van der Waals surface area contributed by atoms with Gasteiger partial charge in [0.2, 0.25) is 0 Å². The molecule has 0 bridgehead atoms. The van der Waals surface area contributed by atoms with E-state index in [1.54, 1.807) is 0 Å². The first-order valence-electron chi connectivity index (χ1n) is 9.81. The number of anilines is 1. The van der Waals surface area contributed by atoms with E-state index in [0.29, 0.717) is 25.3 Å². The smallest absolute Gasteiger partial charge is 0.251 e. The van der Waals surface area contributed by atoms with Gasteiger partial charge in [0.1, 0.15) is 5.82 Å². The van der Waals surface area contributed by atoms with Crippen LogP contribution in [0.2, 0.25) is 0 Å². The lowest BCUT2D eigenvalue weighted by molar-refractivity contribution is 0.0162. The second-order valence-corrected chi connectivity index (χ2v) is 7.44. The zero-order chi connectivity index (χ0) is 19.5. The molecule has 1 saturated heterocycles. The second kappa shape index (κ2) is 8.29. The molecule has 2 aromatic carbocycles. The van der Waals surface area contributed by atoms with Gasteiger partial charge in [0.25, 0.3) is 5.91 Å². The van der Waals surface area contributed by atoms with Crippen LogP contribution in [0, 0.1) is 5.82 Å². The largest absolute Gasteiger partial charge is 0.379 e. The van der Waals surface area contributed by atoms with Crippen molar-refractivity contribution in [2.24, 2.45) is 0 Å². The van der Waals surface area contributed by atoms with Crippen LogP contribution in [0.4, 0.5) is 10.1 Å². The van der Waals surface area contributed by atoms with Crippen molar-refractivity contribution in [2.45, 2.75) is 12.5 Å². The standard InChI is InChI=1S/C22H26FN3O2/c1-25-9-8-18-14-17(4-7-20(18)25)21(26-10-12-28-13-11-26)15-24-22(27)16-2-5-19(23)6-3-16/h2-7,14,21H,8-13,15H2,1H3,(H,24,27)/t21-/m1/s1. The van der Waals surface area contributed by atoms with Crippen molar-refractivity contribution >= 4 is 11.6 Å². The fraction of sp³-hybridized carbons (Fsp3) is 0.409. The molecule has 2 heterocycles. The molecule has 2 aromatic rings. The average molecular weight is 383 g/mol. The Morgan fingerprint density at radius 2 is 1.89 bits per heavy atom. The van der Waals surface area contributed by atoms with Crippen molar-refractivity contribution < 1.29 is 13.9 Å². The highest BCUT2D eigenvalue weighted by Gasteiger charge is 2.25. The first-order valence-corrected chi connectivity index (χ1v) is 9.81. The van der Waals surface area contributed by atoms with Crippen LogP contribution in [0.1, 0.15) is 27.5 Å². The van der Waals surface area contributed by atoms with Gasteiger partial charge in [0, 0.05) is 44.5 Å². The molecule has 5 nitrogen and oxygen atoms in total. The van der Waals surface area contributed by atoms with E-state index < -0.39 is 0 Å². The summed E-state index contributed by atoms with van der Waals surface area (Å²) in [7, 11) is 2.12. The molecule has 0 aromatic heterocycles. The Kier molecular flexibility index (Phi) is 5.59. The molecule has 0 aliphatic carbocycles. The van der Waals surface area contributed by atoms with Gasteiger partial charge in [-0.15, -0.1) is 0 Å². The van der Waals surface area contributed by atoms with Crippen molar-refractivity contribution in [3.63, 3.8) is 0 Å². The highest BCUT2D eigenvalue weighted by Crippen LogP contribution is 2.31. The topological polar surface area (TPSA) is 44.8 Å². The minimum absolute atomic E-state index is 0.0875. The Labute approximate surface area is 165 Å². The number of hydrogen-bond donors (Lipinski definition) is 1. The maximum Gasteiger partial charge on any atom is 0.251 e. The number of nitrogens with zero attached hydrogens (tertiary/aromatic N) is 2. The number of carbonyl (C=O) groups is 1. The number of hydrogen-bond acceptors (Lipinski definition) is 4. The first kappa shape index (κ1) is 18.9. The molecule has 1 atom stereocenters. The molecule has 6 heteroatoms. The van der Waals surface area contributed by atoms with E-state index in [0.717, 1.165) is 26.1 Å². The van der Waals surface area contributed by atoms with Crippen LogP contribution in [0.25, 0.3) is 0 Å². The van der Waals surface area contributed by atoms with Gasteiger partial charge in [-0.2, -0.15) is 0 Å². The third-order valence-electron chi connectivity index (χ3n) is 5.66. The van der Waals surface area contributed by atoms with E-state index in [1.807, 2.05) is 0 Å². The number of morpholine rings is 1. The summed E-state index contributed by atoms with van der Waals surface area (Å²) in [6.07, 6.45) is 1.05. The van der Waals surface area contributed by atoms with Gasteiger partial charge in [0.05, 0.1) is 19.3 Å². The average Bonchev–Trinajstić information content (AvgIpc) is 3.10. The highest BCUT2D eigenvalue weighted by molar-refractivity contribution is 5.94. The summed E-state index contributed by atoms with van der Waals surface area (Å²) in [6.45, 7) is 4.64. The molecule has 2 aliphatic rings. The van der Waals surface area contributed by atoms with E-state index in [-0.39, 0.29) is 17.8 Å². The number of benzene rings is 2. The van der Waals surface area contributed by atoms with Crippen molar-refractivity contribution in [1.82, 2.24) is 10.2 Å². The quantitative estimate of drug-likeness (QED) is 0.862. The molecule has 1 N–H and O–H groups in total. The second-order valence-electron chi connectivity index (χ2n) is 7.44. The Hall–Kier alpha value is -2.44. The number of fused-ring (bicyclic) bond motifs is 1. The number of likely N-dealkylation sites (N-methyl/N-ethyl adjacent to an activating group) is 1. The van der Waals surface area contributed by atoms with Crippen molar-refractivity contribution in [2.75, 3.05) is 51.3 Å². The van der Waals surface area contributed by atoms with Crippen LogP contribution >= 0.6 is 0 Å². The molecule has 4 rings (SSSR count). The molecule has 148 valence electrons. The Morgan fingerprint density at radius 1 is 1.14 bits per heavy atom. The minimum atomic E-state index is -0.342. The number of ether oxygens (including phenoxy) is 1. The maximum atomic E-state index is 13.1. The lowest BCUT2D eigenvalue weighted by Gasteiger charge is -2.35. The van der Waals surface area contributed by atoms with E-state index in [1.165, 1.54) is 41.1 Å². The molecule has 1 fully saturated rings. The number of amides is 1. The molecule has 1 amide bonds. The predicted molar refractivity (Wildman–Crippen MR) is 107 cm³/mol. The van der Waals surface area contributed by atoms with Gasteiger partial charge < -0.3 is 15.0 Å². The van der Waals surface area contributed by atoms with E-state index in [2.05, 4.69) is 40.4 Å². The van der Waals surface area contributed by atoms with Gasteiger partial charge in [-0.1, -0.05) is 12.1 Å². The van der Waals surface area contributed by atoms with Crippen molar-refractivity contribution in [1.29, 1.82) is 0 Å². The fourth-order valence-corrected chi connectivity index (χ4v) is 4.03. The maximum absolute atomic E-state index is 13.1. The Balaban J connectivity index is 1.52. The molecule has 0 radical (unpaired) electrons. The van der Waals surface area contributed by atoms with Crippen LogP contribution < -0.4 is 10.2 Å². The number of rotatable bonds is 5. The summed E-state index contributed by atoms with van der Waals surface area (Å²) < 4.78 is 18.6. The van der Waals surface area contributed by atoms with Crippen molar-refractivity contribution in [3.8, 4) is 0 Å². The molecule has 28 heavy (non-hydrogen) atoms. The van der Waals surface area contributed by atoms with Crippen LogP contribution in [0.15, 0.2) is 42.5 Å². The lowest BCUT2D eigenvalue weighted by Crippen LogP contribution is -2.43. The summed E-state index contributed by atoms with van der Waals surface area (Å²) >= 11 is 0. The van der Waals surface area contributed by atoms with Gasteiger partial charge in [-0.05, 0) is 47.9 Å². The van der Waals surface area contributed by atoms with Gasteiger partial charge >= 0.3 is 0 Å². The third kappa shape index (κ3) is 4.03. The zero-order valence-electron chi connectivity index (χ0n) is 16.2. The van der Waals surface area contributed by atoms with Gasteiger partial charge in [-0.3, -0.25) is 9.69 Å². The van der Waals surface area contributed by atoms with E-state index in [9.17, 15) is 9.18 Å². The minimum Gasteiger partial charge on any atom is -0.379 e. The van der Waals surface area contributed by atoms with Crippen LogP contribution in [0.5, 0.6) is 0 Å². The Morgan fingerprint density at radius 3 is 2.64 bits per heavy atom. The van der Waals surface area contributed by atoms with Gasteiger partial charge in [0.15, 0.2) is 0 Å².